The van der Waals surface area contributed by atoms with Crippen LogP contribution in [0.2, 0.25) is 0 Å². The smallest absolute Gasteiger partial charge is 0.197 e. The number of aromatic nitrogens is 3. The van der Waals surface area contributed by atoms with E-state index in [0.29, 0.717) is 24.1 Å². The van der Waals surface area contributed by atoms with Gasteiger partial charge >= 0.3 is 0 Å². The zero-order chi connectivity index (χ0) is 16.8. The summed E-state index contributed by atoms with van der Waals surface area (Å²) in [5, 5.41) is 0.462. The molecule has 126 valence electrons. The van der Waals surface area contributed by atoms with Gasteiger partial charge in [0.15, 0.2) is 5.16 Å². The van der Waals surface area contributed by atoms with Crippen LogP contribution in [0.1, 0.15) is 12.1 Å². The Hall–Kier alpha value is -2.25. The number of fused-ring (bicyclic) bond motifs is 1. The van der Waals surface area contributed by atoms with Crippen molar-refractivity contribution in [2.75, 3.05) is 20.3 Å². The van der Waals surface area contributed by atoms with Gasteiger partial charge in [0.05, 0.1) is 39.9 Å². The number of benzene rings is 1. The van der Waals surface area contributed by atoms with Crippen LogP contribution in [0, 0.1) is 0 Å². The summed E-state index contributed by atoms with van der Waals surface area (Å²) in [6.07, 6.45) is 2.48. The van der Waals surface area contributed by atoms with E-state index >= 15 is 0 Å². The minimum Gasteiger partial charge on any atom is -0.493 e. The minimum atomic E-state index is -1.29. The number of H-pyrrole nitrogens is 1. The second-order valence-electron chi connectivity index (χ2n) is 5.23. The fourth-order valence-electron chi connectivity index (χ4n) is 2.26. The first-order valence-electron chi connectivity index (χ1n) is 7.66. The van der Waals surface area contributed by atoms with E-state index in [1.807, 2.05) is 30.3 Å². The molecule has 1 atom stereocenters. The Morgan fingerprint density at radius 3 is 2.92 bits per heavy atom. The van der Waals surface area contributed by atoms with E-state index in [2.05, 4.69) is 15.0 Å². The largest absolute Gasteiger partial charge is 0.493 e. The highest BCUT2D eigenvalue weighted by atomic mass is 32.2. The fraction of sp³-hybridized carbons (Fsp3) is 0.294. The Labute approximate surface area is 142 Å². The minimum absolute atomic E-state index is 0.287. The Morgan fingerprint density at radius 2 is 2.08 bits per heavy atom. The lowest BCUT2D eigenvalue weighted by atomic mass is 10.3. The van der Waals surface area contributed by atoms with Crippen LogP contribution in [-0.4, -0.2) is 39.5 Å². The van der Waals surface area contributed by atoms with E-state index in [-0.39, 0.29) is 5.75 Å². The lowest BCUT2D eigenvalue weighted by molar-refractivity contribution is 0.172. The Bertz CT molecular complexity index is 802. The second kappa shape index (κ2) is 8.03. The van der Waals surface area contributed by atoms with Crippen LogP contribution in [-0.2, 0) is 21.3 Å². The molecule has 0 aliphatic heterocycles. The second-order valence-corrected chi connectivity index (χ2v) is 6.59. The van der Waals surface area contributed by atoms with Crippen molar-refractivity contribution in [2.24, 2.45) is 0 Å². The van der Waals surface area contributed by atoms with Crippen LogP contribution in [0.4, 0.5) is 0 Å². The number of nitrogens with one attached hydrogen (secondary N) is 1. The van der Waals surface area contributed by atoms with Crippen molar-refractivity contribution in [3.63, 3.8) is 0 Å². The van der Waals surface area contributed by atoms with Gasteiger partial charge in [-0.1, -0.05) is 12.1 Å². The van der Waals surface area contributed by atoms with E-state index in [1.165, 1.54) is 0 Å². The maximum atomic E-state index is 12.5. The van der Waals surface area contributed by atoms with Crippen molar-refractivity contribution in [2.45, 2.75) is 17.3 Å². The van der Waals surface area contributed by atoms with E-state index in [9.17, 15) is 4.21 Å². The van der Waals surface area contributed by atoms with Crippen molar-refractivity contribution in [3.05, 3.63) is 48.3 Å². The van der Waals surface area contributed by atoms with Crippen molar-refractivity contribution < 1.29 is 13.7 Å². The summed E-state index contributed by atoms with van der Waals surface area (Å²) in [6, 6.07) is 11.2. The molecule has 3 rings (SSSR count). The zero-order valence-electron chi connectivity index (χ0n) is 13.4. The standard InChI is InChI=1S/C17H19N3O3S/c1-22-9-4-10-23-14-7-8-18-13(11-14)12-24(21)17-19-15-5-2-3-6-16(15)20-17/h2-3,5-8,11H,4,9-10,12H2,1H3,(H,19,20). The summed E-state index contributed by atoms with van der Waals surface area (Å²) in [5.74, 6) is 1.01. The molecule has 0 aliphatic carbocycles. The normalized spacial score (nSPS) is 12.4. The van der Waals surface area contributed by atoms with Gasteiger partial charge in [0.1, 0.15) is 5.75 Å². The third-order valence-corrected chi connectivity index (χ3v) is 4.59. The monoisotopic (exact) mass is 345 g/mol. The number of hydrogen-bond donors (Lipinski definition) is 1. The molecule has 1 unspecified atom stereocenters. The molecule has 0 spiro atoms. The summed E-state index contributed by atoms with van der Waals surface area (Å²) in [4.78, 5) is 11.7. The fourth-order valence-corrected chi connectivity index (χ4v) is 3.25. The maximum Gasteiger partial charge on any atom is 0.197 e. The molecule has 0 aliphatic rings. The number of ether oxygens (including phenoxy) is 2. The molecule has 0 fully saturated rings. The van der Waals surface area contributed by atoms with Gasteiger partial charge in [0.2, 0.25) is 0 Å². The summed E-state index contributed by atoms with van der Waals surface area (Å²) < 4.78 is 23.1. The van der Waals surface area contributed by atoms with Crippen LogP contribution in [0.15, 0.2) is 47.8 Å². The van der Waals surface area contributed by atoms with Gasteiger partial charge < -0.3 is 14.5 Å². The van der Waals surface area contributed by atoms with Crippen LogP contribution in [0.5, 0.6) is 5.75 Å². The zero-order valence-corrected chi connectivity index (χ0v) is 14.2. The highest BCUT2D eigenvalue weighted by Crippen LogP contribution is 2.17. The van der Waals surface area contributed by atoms with Crippen LogP contribution in [0.25, 0.3) is 11.0 Å². The van der Waals surface area contributed by atoms with Crippen molar-refractivity contribution >= 4 is 21.8 Å². The molecule has 0 saturated carbocycles. The first kappa shape index (κ1) is 16.6. The highest BCUT2D eigenvalue weighted by Gasteiger charge is 2.12. The number of hydrogen-bond acceptors (Lipinski definition) is 5. The van der Waals surface area contributed by atoms with E-state index in [0.717, 1.165) is 23.2 Å². The van der Waals surface area contributed by atoms with Gasteiger partial charge in [-0.15, -0.1) is 0 Å². The Kier molecular flexibility index (Phi) is 5.55. The lowest BCUT2D eigenvalue weighted by Crippen LogP contribution is -2.03. The first-order valence-corrected chi connectivity index (χ1v) is 8.98. The third kappa shape index (κ3) is 4.18. The molecule has 3 aromatic rings. The number of methoxy groups -OCH3 is 1. The van der Waals surface area contributed by atoms with Gasteiger partial charge in [0, 0.05) is 32.4 Å². The van der Waals surface area contributed by atoms with Crippen molar-refractivity contribution in [3.8, 4) is 5.75 Å². The molecular weight excluding hydrogens is 326 g/mol. The number of aromatic amines is 1. The summed E-state index contributed by atoms with van der Waals surface area (Å²) in [7, 11) is 0.376. The van der Waals surface area contributed by atoms with E-state index in [1.54, 1.807) is 19.4 Å². The number of para-hydroxylation sites is 2. The van der Waals surface area contributed by atoms with Gasteiger partial charge in [0.25, 0.3) is 0 Å². The van der Waals surface area contributed by atoms with Gasteiger partial charge in [-0.2, -0.15) is 0 Å². The van der Waals surface area contributed by atoms with Crippen LogP contribution >= 0.6 is 0 Å². The highest BCUT2D eigenvalue weighted by molar-refractivity contribution is 7.84. The molecular formula is C17H19N3O3S. The lowest BCUT2D eigenvalue weighted by Gasteiger charge is -2.07. The molecule has 24 heavy (non-hydrogen) atoms. The predicted molar refractivity (Wildman–Crippen MR) is 92.4 cm³/mol. The number of pyridine rings is 1. The maximum absolute atomic E-state index is 12.5. The Morgan fingerprint density at radius 1 is 1.21 bits per heavy atom. The molecule has 0 bridgehead atoms. The van der Waals surface area contributed by atoms with Gasteiger partial charge in [-0.3, -0.25) is 9.19 Å². The molecule has 1 aromatic carbocycles. The SMILES string of the molecule is COCCCOc1ccnc(CS(=O)c2nc3ccccc3[nH]2)c1. The first-order chi connectivity index (χ1) is 11.8. The third-order valence-electron chi connectivity index (χ3n) is 3.41. The molecule has 0 radical (unpaired) electrons. The Balaban J connectivity index is 1.65. The van der Waals surface area contributed by atoms with Gasteiger partial charge in [-0.05, 0) is 18.2 Å². The summed E-state index contributed by atoms with van der Waals surface area (Å²) in [5.41, 5.74) is 2.39. The van der Waals surface area contributed by atoms with E-state index in [4.69, 9.17) is 9.47 Å². The number of imidazole rings is 1. The van der Waals surface area contributed by atoms with Crippen LogP contribution < -0.4 is 4.74 Å². The molecule has 7 heteroatoms. The van der Waals surface area contributed by atoms with Crippen molar-refractivity contribution in [1.82, 2.24) is 15.0 Å². The average molecular weight is 345 g/mol. The quantitative estimate of drug-likeness (QED) is 0.635. The predicted octanol–water partition coefficient (Wildman–Crippen LogP) is 2.68. The molecule has 1 N–H and O–H groups in total. The van der Waals surface area contributed by atoms with Gasteiger partial charge in [-0.25, -0.2) is 4.98 Å². The molecule has 6 nitrogen and oxygen atoms in total. The summed E-state index contributed by atoms with van der Waals surface area (Å²) >= 11 is 0. The molecule has 0 saturated heterocycles. The van der Waals surface area contributed by atoms with Crippen LogP contribution in [0.3, 0.4) is 0 Å². The molecule has 2 heterocycles. The molecule has 0 amide bonds. The number of rotatable bonds is 8. The van der Waals surface area contributed by atoms with E-state index < -0.39 is 10.8 Å². The topological polar surface area (TPSA) is 77.1 Å². The number of nitrogens with zero attached hydrogens (tertiary/aromatic N) is 2. The molecule has 2 aromatic heterocycles. The summed E-state index contributed by atoms with van der Waals surface area (Å²) in [6.45, 7) is 1.23. The van der Waals surface area contributed by atoms with Crippen molar-refractivity contribution in [1.29, 1.82) is 0 Å². The average Bonchev–Trinajstić information content (AvgIpc) is 3.03.